The highest BCUT2D eigenvalue weighted by Crippen LogP contribution is 2.26. The molecule has 2 heterocycles. The molecule has 0 fully saturated rings. The maximum Gasteiger partial charge on any atom is 0.409 e. The number of rotatable bonds is 7. The van der Waals surface area contributed by atoms with Gasteiger partial charge in [-0.3, -0.25) is 14.9 Å². The number of carboxylic acid groups (broad SMARTS) is 1. The summed E-state index contributed by atoms with van der Waals surface area (Å²) in [4.78, 5) is 36.4. The SMILES string of the molecule is O=C(O)Nc1ccc(-n2cccc2)cc1NC(=O)CC(=O)c1cccc(-n2ccnn2)c1. The average Bonchev–Trinajstić information content (AvgIpc) is 3.49. The number of hydrogen-bond donors (Lipinski definition) is 3. The summed E-state index contributed by atoms with van der Waals surface area (Å²) in [5, 5.41) is 21.6. The van der Waals surface area contributed by atoms with Crippen LogP contribution in [0.3, 0.4) is 0 Å². The molecule has 3 N–H and O–H groups in total. The fraction of sp³-hybridized carbons (Fsp3) is 0.0455. The molecule has 4 rings (SSSR count). The van der Waals surface area contributed by atoms with Gasteiger partial charge in [0.25, 0.3) is 0 Å². The molecule has 4 aromatic rings. The summed E-state index contributed by atoms with van der Waals surface area (Å²) in [6.45, 7) is 0. The number of ketones is 1. The topological polar surface area (TPSA) is 131 Å². The van der Waals surface area contributed by atoms with Crippen molar-refractivity contribution < 1.29 is 19.5 Å². The van der Waals surface area contributed by atoms with Crippen molar-refractivity contribution in [3.05, 3.63) is 84.9 Å². The van der Waals surface area contributed by atoms with Crippen LogP contribution in [-0.4, -0.2) is 42.5 Å². The molecule has 0 saturated heterocycles. The van der Waals surface area contributed by atoms with Gasteiger partial charge in [-0.05, 0) is 42.5 Å². The Kier molecular flexibility index (Phi) is 5.75. The number of nitrogens with zero attached hydrogens (tertiary/aromatic N) is 4. The highest BCUT2D eigenvalue weighted by Gasteiger charge is 2.16. The van der Waals surface area contributed by atoms with Crippen LogP contribution >= 0.6 is 0 Å². The molecule has 2 aromatic carbocycles. The monoisotopic (exact) mass is 430 g/mol. The Balaban J connectivity index is 1.52. The fourth-order valence-corrected chi connectivity index (χ4v) is 3.14. The second-order valence-corrected chi connectivity index (χ2v) is 6.80. The maximum atomic E-state index is 12.7. The van der Waals surface area contributed by atoms with E-state index in [0.29, 0.717) is 16.9 Å². The highest BCUT2D eigenvalue weighted by molar-refractivity contribution is 6.12. The van der Waals surface area contributed by atoms with Crippen LogP contribution in [-0.2, 0) is 4.79 Å². The van der Waals surface area contributed by atoms with E-state index in [2.05, 4.69) is 20.9 Å². The first-order chi connectivity index (χ1) is 15.5. The number of carbonyl (C=O) groups is 3. The van der Waals surface area contributed by atoms with Crippen LogP contribution in [0.5, 0.6) is 0 Å². The zero-order valence-electron chi connectivity index (χ0n) is 16.7. The third-order valence-corrected chi connectivity index (χ3v) is 4.60. The number of amides is 2. The van der Waals surface area contributed by atoms with E-state index < -0.39 is 24.2 Å². The summed E-state index contributed by atoms with van der Waals surface area (Å²) in [5.74, 6) is -0.960. The van der Waals surface area contributed by atoms with Crippen molar-refractivity contribution in [1.29, 1.82) is 0 Å². The molecule has 0 spiro atoms. The number of hydrogen-bond acceptors (Lipinski definition) is 5. The second kappa shape index (κ2) is 8.96. The minimum atomic E-state index is -1.27. The van der Waals surface area contributed by atoms with Crippen molar-refractivity contribution in [1.82, 2.24) is 19.6 Å². The molecule has 160 valence electrons. The van der Waals surface area contributed by atoms with E-state index in [0.717, 1.165) is 0 Å². The summed E-state index contributed by atoms with van der Waals surface area (Å²) in [5.41, 5.74) is 2.14. The number of aromatic nitrogens is 4. The van der Waals surface area contributed by atoms with Crippen LogP contribution in [0.1, 0.15) is 16.8 Å². The number of benzene rings is 2. The normalized spacial score (nSPS) is 10.5. The quantitative estimate of drug-likeness (QED) is 0.304. The molecule has 0 radical (unpaired) electrons. The lowest BCUT2D eigenvalue weighted by Crippen LogP contribution is -2.19. The van der Waals surface area contributed by atoms with E-state index >= 15 is 0 Å². The first-order valence-electron chi connectivity index (χ1n) is 9.57. The number of carbonyl (C=O) groups excluding carboxylic acids is 2. The van der Waals surface area contributed by atoms with E-state index in [-0.39, 0.29) is 11.4 Å². The van der Waals surface area contributed by atoms with Crippen LogP contribution in [0.2, 0.25) is 0 Å². The van der Waals surface area contributed by atoms with Gasteiger partial charge in [0.05, 0.1) is 35.9 Å². The van der Waals surface area contributed by atoms with Gasteiger partial charge in [-0.25, -0.2) is 9.48 Å². The smallest absolute Gasteiger partial charge is 0.409 e. The summed E-state index contributed by atoms with van der Waals surface area (Å²) in [7, 11) is 0. The summed E-state index contributed by atoms with van der Waals surface area (Å²) in [6, 6.07) is 15.2. The van der Waals surface area contributed by atoms with E-state index in [1.54, 1.807) is 53.2 Å². The predicted octanol–water partition coefficient (Wildman–Crippen LogP) is 3.36. The van der Waals surface area contributed by atoms with Gasteiger partial charge in [-0.2, -0.15) is 0 Å². The van der Waals surface area contributed by atoms with Crippen molar-refractivity contribution in [2.75, 3.05) is 10.6 Å². The Bertz CT molecular complexity index is 1270. The van der Waals surface area contributed by atoms with E-state index in [1.807, 2.05) is 24.5 Å². The molecule has 0 saturated carbocycles. The van der Waals surface area contributed by atoms with Crippen LogP contribution in [0.15, 0.2) is 79.4 Å². The van der Waals surface area contributed by atoms with Crippen LogP contribution in [0.25, 0.3) is 11.4 Å². The molecular formula is C22H18N6O4. The maximum absolute atomic E-state index is 12.7. The summed E-state index contributed by atoms with van der Waals surface area (Å²) >= 11 is 0. The fourth-order valence-electron chi connectivity index (χ4n) is 3.14. The Labute approximate surface area is 182 Å². The van der Waals surface area contributed by atoms with Gasteiger partial charge >= 0.3 is 6.09 Å². The summed E-state index contributed by atoms with van der Waals surface area (Å²) < 4.78 is 3.31. The summed E-state index contributed by atoms with van der Waals surface area (Å²) in [6.07, 6.45) is 5.11. The van der Waals surface area contributed by atoms with Crippen molar-refractivity contribution >= 4 is 29.2 Å². The third-order valence-electron chi connectivity index (χ3n) is 4.60. The third kappa shape index (κ3) is 4.70. The van der Waals surface area contributed by atoms with E-state index in [1.165, 1.54) is 10.9 Å². The Morgan fingerprint density at radius 2 is 1.69 bits per heavy atom. The van der Waals surface area contributed by atoms with Gasteiger partial charge in [0.15, 0.2) is 5.78 Å². The lowest BCUT2D eigenvalue weighted by molar-refractivity contribution is -0.115. The van der Waals surface area contributed by atoms with E-state index in [9.17, 15) is 14.4 Å². The molecule has 32 heavy (non-hydrogen) atoms. The first kappa shape index (κ1) is 20.5. The average molecular weight is 430 g/mol. The zero-order chi connectivity index (χ0) is 22.5. The van der Waals surface area contributed by atoms with Gasteiger partial charge in [0.1, 0.15) is 0 Å². The van der Waals surface area contributed by atoms with Crippen molar-refractivity contribution in [3.63, 3.8) is 0 Å². The molecule has 10 nitrogen and oxygen atoms in total. The standard InChI is InChI=1S/C22H18N6O4/c29-20(15-4-3-5-17(12-15)28-11-8-23-26-28)14-21(30)24-19-13-16(27-9-1-2-10-27)6-7-18(19)25-22(31)32/h1-13,25H,14H2,(H,24,30)(H,31,32). The molecule has 0 bridgehead atoms. The van der Waals surface area contributed by atoms with Gasteiger partial charge in [-0.15, -0.1) is 5.10 Å². The van der Waals surface area contributed by atoms with Crippen LogP contribution in [0.4, 0.5) is 16.2 Å². The van der Waals surface area contributed by atoms with Crippen LogP contribution < -0.4 is 10.6 Å². The molecule has 2 amide bonds. The van der Waals surface area contributed by atoms with Crippen LogP contribution in [0, 0.1) is 0 Å². The van der Waals surface area contributed by atoms with Crippen molar-refractivity contribution in [2.24, 2.45) is 0 Å². The Hall–Kier alpha value is -4.73. The molecule has 0 aliphatic carbocycles. The molecule has 0 aliphatic rings. The zero-order valence-corrected chi connectivity index (χ0v) is 16.7. The Morgan fingerprint density at radius 1 is 0.875 bits per heavy atom. The lowest BCUT2D eigenvalue weighted by atomic mass is 10.1. The van der Waals surface area contributed by atoms with Gasteiger partial charge in [0.2, 0.25) is 5.91 Å². The minimum absolute atomic E-state index is 0.197. The van der Waals surface area contributed by atoms with Gasteiger partial charge in [-0.1, -0.05) is 17.3 Å². The van der Waals surface area contributed by atoms with Gasteiger partial charge < -0.3 is 15.0 Å². The molecule has 0 atom stereocenters. The second-order valence-electron chi connectivity index (χ2n) is 6.80. The highest BCUT2D eigenvalue weighted by atomic mass is 16.4. The molecule has 10 heteroatoms. The van der Waals surface area contributed by atoms with E-state index in [4.69, 9.17) is 5.11 Å². The molecule has 0 aliphatic heterocycles. The predicted molar refractivity (Wildman–Crippen MR) is 116 cm³/mol. The molecule has 2 aromatic heterocycles. The molecule has 0 unspecified atom stereocenters. The Morgan fingerprint density at radius 3 is 2.41 bits per heavy atom. The minimum Gasteiger partial charge on any atom is -0.465 e. The first-order valence-corrected chi connectivity index (χ1v) is 9.57. The largest absolute Gasteiger partial charge is 0.465 e. The molecular weight excluding hydrogens is 412 g/mol. The number of nitrogens with one attached hydrogen (secondary N) is 2. The van der Waals surface area contributed by atoms with Gasteiger partial charge in [0, 0.05) is 23.6 Å². The number of Topliss-reactive ketones (excluding diaryl/α,β-unsaturated/α-hetero) is 1. The lowest BCUT2D eigenvalue weighted by Gasteiger charge is -2.13. The van der Waals surface area contributed by atoms with Crippen molar-refractivity contribution in [3.8, 4) is 11.4 Å². The number of anilines is 2. The van der Waals surface area contributed by atoms with Crippen molar-refractivity contribution in [2.45, 2.75) is 6.42 Å².